The Kier molecular flexibility index (Phi) is 9.25. The number of unbranched alkanes of at least 4 members (excludes halogenated alkanes) is 1. The number of hydrogen-bond acceptors (Lipinski definition) is 5. The third-order valence-corrected chi connectivity index (χ3v) is 6.02. The molecule has 5 heteroatoms. The molecule has 0 N–H and O–H groups in total. The van der Waals surface area contributed by atoms with Gasteiger partial charge in [0.1, 0.15) is 5.78 Å². The molecule has 1 fully saturated rings. The molecular formula is C26H34N2O3. The van der Waals surface area contributed by atoms with E-state index in [4.69, 9.17) is 0 Å². The van der Waals surface area contributed by atoms with Gasteiger partial charge >= 0.3 is 5.97 Å². The number of benzene rings is 2. The van der Waals surface area contributed by atoms with Crippen molar-refractivity contribution in [2.75, 3.05) is 39.8 Å². The molecule has 0 aromatic heterocycles. The molecule has 3 rings (SSSR count). The molecular weight excluding hydrogens is 388 g/mol. The second-order valence-electron chi connectivity index (χ2n) is 8.17. The predicted octanol–water partition coefficient (Wildman–Crippen LogP) is 4.09. The molecule has 0 bridgehead atoms. The molecule has 0 atom stereocenters. The molecule has 1 heterocycles. The highest BCUT2D eigenvalue weighted by atomic mass is 16.5. The van der Waals surface area contributed by atoms with Crippen LogP contribution in [0.25, 0.3) is 0 Å². The van der Waals surface area contributed by atoms with Gasteiger partial charge in [-0.3, -0.25) is 14.5 Å². The Labute approximate surface area is 186 Å². The standard InChI is InChI=1S/C26H34N2O3/c1-31-25(30)16-15-24(29)14-8-9-17-27-18-20-28(21-19-27)26(22-10-4-2-5-11-22)23-12-6-3-7-13-23/h2-7,10-13,26H,8-9,14-21H2,1H3. The minimum Gasteiger partial charge on any atom is -0.469 e. The molecule has 0 unspecified atom stereocenters. The molecule has 166 valence electrons. The number of carbonyl (C=O) groups is 2. The van der Waals surface area contributed by atoms with Gasteiger partial charge in [0.15, 0.2) is 0 Å². The van der Waals surface area contributed by atoms with E-state index in [-0.39, 0.29) is 24.2 Å². The normalized spacial score (nSPS) is 15.2. The first kappa shape index (κ1) is 23.2. The fraction of sp³-hybridized carbons (Fsp3) is 0.462. The highest BCUT2D eigenvalue weighted by molar-refractivity contribution is 5.82. The summed E-state index contributed by atoms with van der Waals surface area (Å²) >= 11 is 0. The number of Topliss-reactive ketones (excluding diaryl/α,β-unsaturated/α-hetero) is 1. The van der Waals surface area contributed by atoms with Gasteiger partial charge in [-0.15, -0.1) is 0 Å². The summed E-state index contributed by atoms with van der Waals surface area (Å²) in [7, 11) is 1.36. The maximum Gasteiger partial charge on any atom is 0.305 e. The van der Waals surface area contributed by atoms with Crippen molar-refractivity contribution in [2.24, 2.45) is 0 Å². The molecule has 2 aromatic carbocycles. The van der Waals surface area contributed by atoms with Crippen molar-refractivity contribution in [3.8, 4) is 0 Å². The van der Waals surface area contributed by atoms with Crippen molar-refractivity contribution in [3.05, 3.63) is 71.8 Å². The smallest absolute Gasteiger partial charge is 0.305 e. The number of carbonyl (C=O) groups excluding carboxylic acids is 2. The number of methoxy groups -OCH3 is 1. The van der Waals surface area contributed by atoms with Gasteiger partial charge in [-0.2, -0.15) is 0 Å². The van der Waals surface area contributed by atoms with Gasteiger partial charge in [-0.1, -0.05) is 60.7 Å². The third kappa shape index (κ3) is 7.30. The van der Waals surface area contributed by atoms with Gasteiger partial charge in [0.25, 0.3) is 0 Å². The average molecular weight is 423 g/mol. The molecule has 0 aliphatic carbocycles. The lowest BCUT2D eigenvalue weighted by Crippen LogP contribution is -2.48. The van der Waals surface area contributed by atoms with E-state index >= 15 is 0 Å². The zero-order valence-corrected chi connectivity index (χ0v) is 18.5. The van der Waals surface area contributed by atoms with Crippen molar-refractivity contribution in [1.82, 2.24) is 9.80 Å². The van der Waals surface area contributed by atoms with Crippen molar-refractivity contribution in [2.45, 2.75) is 38.1 Å². The Morgan fingerprint density at radius 3 is 1.94 bits per heavy atom. The summed E-state index contributed by atoms with van der Waals surface area (Å²) in [5.74, 6) is -0.153. The highest BCUT2D eigenvalue weighted by Crippen LogP contribution is 2.29. The lowest BCUT2D eigenvalue weighted by Gasteiger charge is -2.39. The number of piperazine rings is 1. The van der Waals surface area contributed by atoms with Gasteiger partial charge in [0, 0.05) is 39.0 Å². The fourth-order valence-corrected chi connectivity index (χ4v) is 4.26. The number of ether oxygens (including phenoxy) is 1. The molecule has 0 amide bonds. The molecule has 1 aliphatic heterocycles. The van der Waals surface area contributed by atoms with E-state index in [2.05, 4.69) is 75.2 Å². The van der Waals surface area contributed by atoms with Gasteiger partial charge in [0.2, 0.25) is 0 Å². The summed E-state index contributed by atoms with van der Waals surface area (Å²) in [6.45, 7) is 5.19. The summed E-state index contributed by atoms with van der Waals surface area (Å²) in [5.41, 5.74) is 2.68. The summed E-state index contributed by atoms with van der Waals surface area (Å²) in [6, 6.07) is 21.8. The van der Waals surface area contributed by atoms with Gasteiger partial charge in [-0.25, -0.2) is 0 Å². The minimum atomic E-state index is -0.310. The number of rotatable bonds is 11. The first-order chi connectivity index (χ1) is 15.2. The Balaban J connectivity index is 1.44. The van der Waals surface area contributed by atoms with Crippen LogP contribution in [0.1, 0.15) is 49.3 Å². The Bertz CT molecular complexity index is 762. The Hall–Kier alpha value is -2.50. The largest absolute Gasteiger partial charge is 0.469 e. The lowest BCUT2D eigenvalue weighted by molar-refractivity contribution is -0.141. The van der Waals surface area contributed by atoms with Gasteiger partial charge in [-0.05, 0) is 30.5 Å². The van der Waals surface area contributed by atoms with Crippen LogP contribution in [-0.4, -0.2) is 61.4 Å². The van der Waals surface area contributed by atoms with Gasteiger partial charge in [0.05, 0.1) is 19.6 Å². The van der Waals surface area contributed by atoms with E-state index in [0.29, 0.717) is 12.8 Å². The monoisotopic (exact) mass is 422 g/mol. The van der Waals surface area contributed by atoms with Gasteiger partial charge < -0.3 is 9.64 Å². The second-order valence-corrected chi connectivity index (χ2v) is 8.17. The maximum atomic E-state index is 11.9. The first-order valence-corrected chi connectivity index (χ1v) is 11.3. The zero-order valence-electron chi connectivity index (χ0n) is 18.5. The fourth-order valence-electron chi connectivity index (χ4n) is 4.26. The number of hydrogen-bond donors (Lipinski definition) is 0. The average Bonchev–Trinajstić information content (AvgIpc) is 2.83. The Morgan fingerprint density at radius 1 is 0.806 bits per heavy atom. The van der Waals surface area contributed by atoms with E-state index in [0.717, 1.165) is 45.6 Å². The van der Waals surface area contributed by atoms with Crippen LogP contribution in [0.2, 0.25) is 0 Å². The maximum absolute atomic E-state index is 11.9. The summed E-state index contributed by atoms with van der Waals surface area (Å²) < 4.78 is 4.59. The van der Waals surface area contributed by atoms with Crippen molar-refractivity contribution >= 4 is 11.8 Å². The van der Waals surface area contributed by atoms with Crippen molar-refractivity contribution in [1.29, 1.82) is 0 Å². The molecule has 2 aromatic rings. The first-order valence-electron chi connectivity index (χ1n) is 11.3. The number of esters is 1. The van der Waals surface area contributed by atoms with Crippen molar-refractivity contribution in [3.63, 3.8) is 0 Å². The van der Waals surface area contributed by atoms with Crippen molar-refractivity contribution < 1.29 is 14.3 Å². The SMILES string of the molecule is COC(=O)CCC(=O)CCCCN1CCN(C(c2ccccc2)c2ccccc2)CC1. The highest BCUT2D eigenvalue weighted by Gasteiger charge is 2.26. The predicted molar refractivity (Wildman–Crippen MR) is 123 cm³/mol. The second kappa shape index (κ2) is 12.4. The summed E-state index contributed by atoms with van der Waals surface area (Å²) in [6.07, 6.45) is 2.95. The number of nitrogens with zero attached hydrogens (tertiary/aromatic N) is 2. The van der Waals surface area contributed by atoms with Crippen LogP contribution in [0.5, 0.6) is 0 Å². The molecule has 0 spiro atoms. The molecule has 5 nitrogen and oxygen atoms in total. The van der Waals surface area contributed by atoms with Crippen LogP contribution >= 0.6 is 0 Å². The minimum absolute atomic E-state index is 0.156. The molecule has 31 heavy (non-hydrogen) atoms. The Morgan fingerprint density at radius 2 is 1.39 bits per heavy atom. The van der Waals surface area contributed by atoms with Crippen LogP contribution in [0.3, 0.4) is 0 Å². The van der Waals surface area contributed by atoms with Crippen LogP contribution < -0.4 is 0 Å². The zero-order chi connectivity index (χ0) is 21.9. The molecule has 1 aliphatic rings. The van der Waals surface area contributed by atoms with Crippen LogP contribution in [0, 0.1) is 0 Å². The van der Waals surface area contributed by atoms with Crippen LogP contribution in [-0.2, 0) is 14.3 Å². The quantitative estimate of drug-likeness (QED) is 0.403. The van der Waals surface area contributed by atoms with E-state index < -0.39 is 0 Å². The summed E-state index contributed by atoms with van der Waals surface area (Å²) in [5, 5.41) is 0. The van der Waals surface area contributed by atoms with E-state index in [1.807, 2.05) is 0 Å². The molecule has 0 radical (unpaired) electrons. The third-order valence-electron chi connectivity index (χ3n) is 6.02. The number of ketones is 1. The molecule has 0 saturated carbocycles. The van der Waals surface area contributed by atoms with Crippen LogP contribution in [0.15, 0.2) is 60.7 Å². The lowest BCUT2D eigenvalue weighted by atomic mass is 9.96. The topological polar surface area (TPSA) is 49.9 Å². The van der Waals surface area contributed by atoms with E-state index in [1.54, 1.807) is 0 Å². The van der Waals surface area contributed by atoms with E-state index in [1.165, 1.54) is 18.2 Å². The van der Waals surface area contributed by atoms with E-state index in [9.17, 15) is 9.59 Å². The summed E-state index contributed by atoms with van der Waals surface area (Å²) in [4.78, 5) is 28.1. The molecule has 1 saturated heterocycles. The van der Waals surface area contributed by atoms with Crippen LogP contribution in [0.4, 0.5) is 0 Å².